The Morgan fingerprint density at radius 3 is 2.24 bits per heavy atom. The number of hydrogen-bond donors (Lipinski definition) is 2. The zero-order valence-corrected chi connectivity index (χ0v) is 19.7. The summed E-state index contributed by atoms with van der Waals surface area (Å²) in [7, 11) is 0. The molecule has 0 bridgehead atoms. The summed E-state index contributed by atoms with van der Waals surface area (Å²) < 4.78 is 0. The summed E-state index contributed by atoms with van der Waals surface area (Å²) in [6.45, 7) is 3.37. The third-order valence-corrected chi connectivity index (χ3v) is 6.75. The van der Waals surface area contributed by atoms with Crippen molar-refractivity contribution in [2.24, 2.45) is 5.92 Å². The molecule has 2 N–H and O–H groups in total. The molecule has 1 aliphatic carbocycles. The third-order valence-electron chi connectivity index (χ3n) is 6.75. The van der Waals surface area contributed by atoms with E-state index < -0.39 is 0 Å². The Kier molecular flexibility index (Phi) is 8.31. The average Bonchev–Trinajstić information content (AvgIpc) is 2.89. The van der Waals surface area contributed by atoms with E-state index in [1.807, 2.05) is 35.2 Å². The maximum absolute atomic E-state index is 12.8. The monoisotopic (exact) mass is 462 g/mol. The molecule has 7 nitrogen and oxygen atoms in total. The fourth-order valence-electron chi connectivity index (χ4n) is 4.79. The van der Waals surface area contributed by atoms with E-state index in [9.17, 15) is 14.4 Å². The molecular formula is C27H34N4O3. The van der Waals surface area contributed by atoms with Crippen LogP contribution in [0.3, 0.4) is 0 Å². The first-order chi connectivity index (χ1) is 16.6. The summed E-state index contributed by atoms with van der Waals surface area (Å²) in [6, 6.07) is 16.8. The smallest absolute Gasteiger partial charge is 0.253 e. The minimum absolute atomic E-state index is 0.157. The van der Waals surface area contributed by atoms with Gasteiger partial charge >= 0.3 is 0 Å². The SMILES string of the molecule is O=C(CN1CCN(C(=O)C2CCCCC2)CC1)Nc1ccccc1C(=O)NCc1ccccc1. The molecule has 3 amide bonds. The number of rotatable bonds is 7. The zero-order chi connectivity index (χ0) is 23.8. The highest BCUT2D eigenvalue weighted by Gasteiger charge is 2.29. The molecule has 0 unspecified atom stereocenters. The van der Waals surface area contributed by atoms with Crippen LogP contribution in [0.25, 0.3) is 0 Å². The highest BCUT2D eigenvalue weighted by Crippen LogP contribution is 2.26. The van der Waals surface area contributed by atoms with Crippen molar-refractivity contribution in [3.63, 3.8) is 0 Å². The van der Waals surface area contributed by atoms with Crippen molar-refractivity contribution in [1.82, 2.24) is 15.1 Å². The van der Waals surface area contributed by atoms with Gasteiger partial charge < -0.3 is 15.5 Å². The van der Waals surface area contributed by atoms with Crippen LogP contribution in [-0.4, -0.2) is 60.2 Å². The molecular weight excluding hydrogens is 428 g/mol. The lowest BCUT2D eigenvalue weighted by Gasteiger charge is -2.36. The molecule has 180 valence electrons. The molecule has 4 rings (SSSR count). The molecule has 0 aromatic heterocycles. The fraction of sp³-hybridized carbons (Fsp3) is 0.444. The minimum atomic E-state index is -0.227. The van der Waals surface area contributed by atoms with Crippen molar-refractivity contribution in [2.45, 2.75) is 38.6 Å². The number of carbonyl (C=O) groups is 3. The van der Waals surface area contributed by atoms with Crippen molar-refractivity contribution in [3.05, 3.63) is 65.7 Å². The standard InChI is InChI=1S/C27H34N4O3/c32-25(20-30-15-17-31(18-16-30)27(34)22-11-5-2-6-12-22)29-24-14-8-7-13-23(24)26(33)28-19-21-9-3-1-4-10-21/h1,3-4,7-10,13-14,22H,2,5-6,11-12,15-20H2,(H,28,33)(H,29,32). The van der Waals surface area contributed by atoms with Crippen molar-refractivity contribution in [3.8, 4) is 0 Å². The van der Waals surface area contributed by atoms with Gasteiger partial charge in [0.05, 0.1) is 17.8 Å². The lowest BCUT2D eigenvalue weighted by molar-refractivity contribution is -0.138. The first-order valence-electron chi connectivity index (χ1n) is 12.3. The van der Waals surface area contributed by atoms with Gasteiger partial charge in [0, 0.05) is 38.6 Å². The van der Waals surface area contributed by atoms with Gasteiger partial charge in [-0.3, -0.25) is 19.3 Å². The Balaban J connectivity index is 1.26. The Morgan fingerprint density at radius 2 is 1.50 bits per heavy atom. The molecule has 1 heterocycles. The van der Waals surface area contributed by atoms with Gasteiger partial charge in [0.2, 0.25) is 11.8 Å². The van der Waals surface area contributed by atoms with Gasteiger partial charge in [0.25, 0.3) is 5.91 Å². The van der Waals surface area contributed by atoms with Crippen LogP contribution >= 0.6 is 0 Å². The van der Waals surface area contributed by atoms with Gasteiger partial charge in [-0.1, -0.05) is 61.7 Å². The van der Waals surface area contributed by atoms with E-state index in [0.29, 0.717) is 49.9 Å². The fourth-order valence-corrected chi connectivity index (χ4v) is 4.79. The summed E-state index contributed by atoms with van der Waals surface area (Å²) in [5, 5.41) is 5.82. The number of amides is 3. The van der Waals surface area contributed by atoms with Gasteiger partial charge in [0.15, 0.2) is 0 Å². The van der Waals surface area contributed by atoms with Gasteiger partial charge in [-0.05, 0) is 30.5 Å². The van der Waals surface area contributed by atoms with Gasteiger partial charge in [-0.25, -0.2) is 0 Å². The number of piperazine rings is 1. The molecule has 1 saturated heterocycles. The largest absolute Gasteiger partial charge is 0.348 e. The lowest BCUT2D eigenvalue weighted by Crippen LogP contribution is -2.52. The van der Waals surface area contributed by atoms with Crippen LogP contribution in [0.15, 0.2) is 54.6 Å². The lowest BCUT2D eigenvalue weighted by atomic mass is 9.88. The average molecular weight is 463 g/mol. The Labute approximate surface area is 201 Å². The minimum Gasteiger partial charge on any atom is -0.348 e. The molecule has 0 spiro atoms. The number of nitrogens with zero attached hydrogens (tertiary/aromatic N) is 2. The topological polar surface area (TPSA) is 81.8 Å². The second-order valence-electron chi connectivity index (χ2n) is 9.20. The molecule has 1 aliphatic heterocycles. The molecule has 0 radical (unpaired) electrons. The number of benzene rings is 2. The normalized spacial score (nSPS) is 17.2. The second kappa shape index (κ2) is 11.8. The summed E-state index contributed by atoms with van der Waals surface area (Å²) >= 11 is 0. The first-order valence-corrected chi connectivity index (χ1v) is 12.3. The molecule has 34 heavy (non-hydrogen) atoms. The third kappa shape index (κ3) is 6.44. The van der Waals surface area contributed by atoms with Crippen LogP contribution in [0.2, 0.25) is 0 Å². The van der Waals surface area contributed by atoms with Crippen molar-refractivity contribution < 1.29 is 14.4 Å². The predicted molar refractivity (Wildman–Crippen MR) is 132 cm³/mol. The number of hydrogen-bond acceptors (Lipinski definition) is 4. The van der Waals surface area contributed by atoms with E-state index in [-0.39, 0.29) is 24.3 Å². The predicted octanol–water partition coefficient (Wildman–Crippen LogP) is 3.28. The van der Waals surface area contributed by atoms with Gasteiger partial charge in [0.1, 0.15) is 0 Å². The van der Waals surface area contributed by atoms with Crippen LogP contribution in [-0.2, 0) is 16.1 Å². The van der Waals surface area contributed by atoms with Crippen molar-refractivity contribution >= 4 is 23.4 Å². The highest BCUT2D eigenvalue weighted by atomic mass is 16.2. The first kappa shape index (κ1) is 24.0. The quantitative estimate of drug-likeness (QED) is 0.662. The van der Waals surface area contributed by atoms with Crippen LogP contribution in [0.4, 0.5) is 5.69 Å². The van der Waals surface area contributed by atoms with Crippen LogP contribution in [0.1, 0.15) is 48.0 Å². The molecule has 2 fully saturated rings. The zero-order valence-electron chi connectivity index (χ0n) is 19.7. The van der Waals surface area contributed by atoms with E-state index in [2.05, 4.69) is 15.5 Å². The van der Waals surface area contributed by atoms with E-state index in [1.165, 1.54) is 6.42 Å². The molecule has 2 aliphatic rings. The molecule has 0 atom stereocenters. The number of carbonyl (C=O) groups excluding carboxylic acids is 3. The molecule has 2 aromatic carbocycles. The Morgan fingerprint density at radius 1 is 0.824 bits per heavy atom. The number of para-hydroxylation sites is 1. The summed E-state index contributed by atoms with van der Waals surface area (Å²) in [5.74, 6) is 0.0948. The summed E-state index contributed by atoms with van der Waals surface area (Å²) in [4.78, 5) is 42.3. The van der Waals surface area contributed by atoms with Gasteiger partial charge in [-0.15, -0.1) is 0 Å². The van der Waals surface area contributed by atoms with E-state index in [4.69, 9.17) is 0 Å². The van der Waals surface area contributed by atoms with E-state index in [0.717, 1.165) is 31.2 Å². The van der Waals surface area contributed by atoms with E-state index in [1.54, 1.807) is 24.3 Å². The van der Waals surface area contributed by atoms with Crippen LogP contribution in [0.5, 0.6) is 0 Å². The van der Waals surface area contributed by atoms with Crippen LogP contribution < -0.4 is 10.6 Å². The van der Waals surface area contributed by atoms with E-state index >= 15 is 0 Å². The maximum atomic E-state index is 12.8. The van der Waals surface area contributed by atoms with Crippen molar-refractivity contribution in [2.75, 3.05) is 38.0 Å². The molecule has 7 heteroatoms. The van der Waals surface area contributed by atoms with Crippen LogP contribution in [0, 0.1) is 5.92 Å². The summed E-state index contributed by atoms with van der Waals surface area (Å²) in [6.07, 6.45) is 5.58. The second-order valence-corrected chi connectivity index (χ2v) is 9.20. The number of nitrogens with one attached hydrogen (secondary N) is 2. The molecule has 2 aromatic rings. The maximum Gasteiger partial charge on any atom is 0.253 e. The summed E-state index contributed by atoms with van der Waals surface area (Å²) in [5.41, 5.74) is 1.96. The molecule has 1 saturated carbocycles. The van der Waals surface area contributed by atoms with Gasteiger partial charge in [-0.2, -0.15) is 0 Å². The Bertz CT molecular complexity index is 980. The highest BCUT2D eigenvalue weighted by molar-refractivity contribution is 6.04. The number of anilines is 1. The van der Waals surface area contributed by atoms with Crippen molar-refractivity contribution in [1.29, 1.82) is 0 Å². The Hall–Kier alpha value is -3.19.